The van der Waals surface area contributed by atoms with Gasteiger partial charge in [-0.25, -0.2) is 8.42 Å². The number of nitrogens with zero attached hydrogens (tertiary/aromatic N) is 4. The molecule has 0 saturated heterocycles. The molecule has 0 spiro atoms. The lowest BCUT2D eigenvalue weighted by Crippen LogP contribution is -2.30. The van der Waals surface area contributed by atoms with Crippen LogP contribution < -0.4 is 9.47 Å². The number of rotatable bonds is 5. The number of methoxy groups -OCH3 is 2. The molecule has 9 heteroatoms. The number of ether oxygens (including phenoxy) is 2. The van der Waals surface area contributed by atoms with Crippen LogP contribution in [0.4, 0.5) is 0 Å². The minimum atomic E-state index is -3.61. The third-order valence-electron chi connectivity index (χ3n) is 4.93. The van der Waals surface area contributed by atoms with Gasteiger partial charge in [0.05, 0.1) is 32.2 Å². The Balaban J connectivity index is 1.65. The predicted molar refractivity (Wildman–Crippen MR) is 107 cm³/mol. The number of pyridine rings is 1. The molecule has 152 valence electrons. The highest BCUT2D eigenvalue weighted by molar-refractivity contribution is 7.89. The van der Waals surface area contributed by atoms with Crippen LogP contribution in [0.1, 0.15) is 12.1 Å². The molecule has 4 rings (SSSR count). The molecule has 3 heterocycles. The van der Waals surface area contributed by atoms with Gasteiger partial charge in [-0.3, -0.25) is 9.67 Å². The first-order chi connectivity index (χ1) is 14.0. The largest absolute Gasteiger partial charge is 0.493 e. The van der Waals surface area contributed by atoms with E-state index in [-0.39, 0.29) is 11.4 Å². The topological polar surface area (TPSA) is 86.6 Å². The highest BCUT2D eigenvalue weighted by Gasteiger charge is 2.28. The second kappa shape index (κ2) is 7.84. The summed E-state index contributed by atoms with van der Waals surface area (Å²) in [7, 11) is -0.431. The second-order valence-electron chi connectivity index (χ2n) is 6.69. The smallest absolute Gasteiger partial charge is 0.244 e. The minimum Gasteiger partial charge on any atom is -0.493 e. The van der Waals surface area contributed by atoms with Gasteiger partial charge in [0, 0.05) is 31.0 Å². The maximum absolute atomic E-state index is 13.0. The zero-order chi connectivity index (χ0) is 20.4. The van der Waals surface area contributed by atoms with Crippen molar-refractivity contribution in [2.45, 2.75) is 24.4 Å². The Morgan fingerprint density at radius 1 is 1.03 bits per heavy atom. The summed E-state index contributed by atoms with van der Waals surface area (Å²) in [4.78, 5) is 4.14. The molecule has 3 aromatic rings. The number of fused-ring (bicyclic) bond motifs is 1. The molecule has 2 aromatic heterocycles. The fourth-order valence-electron chi connectivity index (χ4n) is 3.42. The third-order valence-corrected chi connectivity index (χ3v) is 6.76. The molecule has 8 nitrogen and oxygen atoms in total. The van der Waals surface area contributed by atoms with E-state index in [9.17, 15) is 8.42 Å². The van der Waals surface area contributed by atoms with E-state index in [1.807, 2.05) is 28.9 Å². The number of sulfonamides is 1. The molecular formula is C20H22N4O4S. The van der Waals surface area contributed by atoms with Gasteiger partial charge in [-0.1, -0.05) is 0 Å². The van der Waals surface area contributed by atoms with Crippen LogP contribution in [-0.2, 0) is 23.1 Å². The van der Waals surface area contributed by atoms with Gasteiger partial charge in [0.15, 0.2) is 11.5 Å². The van der Waals surface area contributed by atoms with E-state index < -0.39 is 10.0 Å². The standard InChI is InChI=1S/C20H22N4O4S/c1-27-19-7-6-15(11-20(19)28-2)18-12-16-14-23(9-4-10-24(16)22-18)29(25,26)17-5-3-8-21-13-17/h3,5-8,11-13H,4,9-10,14H2,1-2H3. The Labute approximate surface area is 169 Å². The first-order valence-electron chi connectivity index (χ1n) is 9.22. The first kappa shape index (κ1) is 19.4. The van der Waals surface area contributed by atoms with Gasteiger partial charge in [-0.15, -0.1) is 0 Å². The van der Waals surface area contributed by atoms with Gasteiger partial charge in [0.1, 0.15) is 4.90 Å². The molecule has 0 bridgehead atoms. The highest BCUT2D eigenvalue weighted by atomic mass is 32.2. The molecule has 1 aromatic carbocycles. The van der Waals surface area contributed by atoms with Gasteiger partial charge in [0.2, 0.25) is 10.0 Å². The van der Waals surface area contributed by atoms with Crippen molar-refractivity contribution < 1.29 is 17.9 Å². The summed E-state index contributed by atoms with van der Waals surface area (Å²) in [6, 6.07) is 10.7. The van der Waals surface area contributed by atoms with Gasteiger partial charge in [-0.05, 0) is 42.8 Å². The van der Waals surface area contributed by atoms with E-state index in [0.717, 1.165) is 17.0 Å². The number of hydrogen-bond donors (Lipinski definition) is 0. The summed E-state index contributed by atoms with van der Waals surface area (Å²) in [5.74, 6) is 1.26. The van der Waals surface area contributed by atoms with Crippen LogP contribution in [0.5, 0.6) is 11.5 Å². The summed E-state index contributed by atoms with van der Waals surface area (Å²) in [6.07, 6.45) is 3.62. The van der Waals surface area contributed by atoms with Crippen molar-refractivity contribution in [1.29, 1.82) is 0 Å². The lowest BCUT2D eigenvalue weighted by Gasteiger charge is -2.19. The maximum Gasteiger partial charge on any atom is 0.244 e. The van der Waals surface area contributed by atoms with Gasteiger partial charge < -0.3 is 9.47 Å². The molecule has 1 aliphatic rings. The van der Waals surface area contributed by atoms with Crippen molar-refractivity contribution in [3.63, 3.8) is 0 Å². The van der Waals surface area contributed by atoms with E-state index in [0.29, 0.717) is 31.0 Å². The normalized spacial score (nSPS) is 14.8. The Morgan fingerprint density at radius 3 is 2.59 bits per heavy atom. The molecule has 0 unspecified atom stereocenters. The van der Waals surface area contributed by atoms with Gasteiger partial charge in [-0.2, -0.15) is 9.40 Å². The SMILES string of the molecule is COc1ccc(-c2cc3n(n2)CCCN(S(=O)(=O)c2cccnc2)C3)cc1OC. The number of aryl methyl sites for hydroxylation is 1. The monoisotopic (exact) mass is 414 g/mol. The molecule has 29 heavy (non-hydrogen) atoms. The molecule has 0 N–H and O–H groups in total. The van der Waals surface area contributed by atoms with Crippen LogP contribution >= 0.6 is 0 Å². The molecular weight excluding hydrogens is 392 g/mol. The molecule has 0 saturated carbocycles. The zero-order valence-electron chi connectivity index (χ0n) is 16.3. The van der Waals surface area contributed by atoms with Crippen molar-refractivity contribution in [3.8, 4) is 22.8 Å². The van der Waals surface area contributed by atoms with E-state index in [1.54, 1.807) is 32.5 Å². The molecule has 0 amide bonds. The average molecular weight is 414 g/mol. The van der Waals surface area contributed by atoms with Crippen molar-refractivity contribution in [1.82, 2.24) is 19.1 Å². The summed E-state index contributed by atoms with van der Waals surface area (Å²) in [5, 5.41) is 4.69. The lowest BCUT2D eigenvalue weighted by molar-refractivity contribution is 0.355. The van der Waals surface area contributed by atoms with Crippen molar-refractivity contribution in [3.05, 3.63) is 54.5 Å². The molecule has 0 radical (unpaired) electrons. The summed E-state index contributed by atoms with van der Waals surface area (Å²) >= 11 is 0. The quantitative estimate of drug-likeness (QED) is 0.638. The third kappa shape index (κ3) is 3.70. The zero-order valence-corrected chi connectivity index (χ0v) is 17.1. The number of benzene rings is 1. The van der Waals surface area contributed by atoms with Gasteiger partial charge in [0.25, 0.3) is 0 Å². The minimum absolute atomic E-state index is 0.202. The Hall–Kier alpha value is -2.91. The second-order valence-corrected chi connectivity index (χ2v) is 8.63. The molecule has 0 fully saturated rings. The Morgan fingerprint density at radius 2 is 1.86 bits per heavy atom. The van der Waals surface area contributed by atoms with Gasteiger partial charge >= 0.3 is 0 Å². The molecule has 0 aliphatic carbocycles. The lowest BCUT2D eigenvalue weighted by atomic mass is 10.1. The van der Waals surface area contributed by atoms with Crippen molar-refractivity contribution in [2.75, 3.05) is 20.8 Å². The Kier molecular flexibility index (Phi) is 5.25. The van der Waals surface area contributed by atoms with Crippen LogP contribution in [0, 0.1) is 0 Å². The van der Waals surface area contributed by atoms with E-state index in [1.165, 1.54) is 10.5 Å². The van der Waals surface area contributed by atoms with E-state index in [4.69, 9.17) is 9.47 Å². The van der Waals surface area contributed by atoms with Crippen LogP contribution in [0.25, 0.3) is 11.3 Å². The number of aromatic nitrogens is 3. The fraction of sp³-hybridized carbons (Fsp3) is 0.300. The number of hydrogen-bond acceptors (Lipinski definition) is 6. The van der Waals surface area contributed by atoms with Crippen molar-refractivity contribution in [2.24, 2.45) is 0 Å². The predicted octanol–water partition coefficient (Wildman–Crippen LogP) is 2.56. The summed E-state index contributed by atoms with van der Waals surface area (Å²) in [6.45, 7) is 1.35. The summed E-state index contributed by atoms with van der Waals surface area (Å²) < 4.78 is 40.0. The molecule has 0 atom stereocenters. The van der Waals surface area contributed by atoms with Crippen LogP contribution in [0.3, 0.4) is 0 Å². The van der Waals surface area contributed by atoms with Crippen LogP contribution in [0.2, 0.25) is 0 Å². The summed E-state index contributed by atoms with van der Waals surface area (Å²) in [5.41, 5.74) is 2.49. The molecule has 1 aliphatic heterocycles. The highest BCUT2D eigenvalue weighted by Crippen LogP contribution is 2.32. The van der Waals surface area contributed by atoms with E-state index in [2.05, 4.69) is 10.1 Å². The first-order valence-corrected chi connectivity index (χ1v) is 10.7. The van der Waals surface area contributed by atoms with Crippen LogP contribution in [-0.4, -0.2) is 48.3 Å². The van der Waals surface area contributed by atoms with Crippen LogP contribution in [0.15, 0.2) is 53.7 Å². The Bertz CT molecular complexity index is 1110. The fourth-order valence-corrected chi connectivity index (χ4v) is 4.84. The maximum atomic E-state index is 13.0. The average Bonchev–Trinajstić information content (AvgIpc) is 3.04. The van der Waals surface area contributed by atoms with Crippen molar-refractivity contribution >= 4 is 10.0 Å². The van der Waals surface area contributed by atoms with E-state index >= 15 is 0 Å².